The lowest BCUT2D eigenvalue weighted by molar-refractivity contribution is 0.181. The average molecular weight is 438 g/mol. The van der Waals surface area contributed by atoms with E-state index in [0.717, 1.165) is 55.5 Å². The molecule has 2 aromatic rings. The number of methoxy groups -OCH3 is 1. The van der Waals surface area contributed by atoms with Gasteiger partial charge >= 0.3 is 6.03 Å². The van der Waals surface area contributed by atoms with Gasteiger partial charge < -0.3 is 25.0 Å². The second-order valence-electron chi connectivity index (χ2n) is 8.91. The monoisotopic (exact) mass is 437 g/mol. The van der Waals surface area contributed by atoms with Crippen molar-refractivity contribution in [1.29, 1.82) is 0 Å². The molecule has 0 radical (unpaired) electrons. The number of amides is 2. The summed E-state index contributed by atoms with van der Waals surface area (Å²) in [5.74, 6) is 2.47. The number of carbonyl (C=O) groups excluding carboxylic acids is 1. The highest BCUT2D eigenvalue weighted by atomic mass is 16.5. The molecule has 2 aromatic carbocycles. The Balaban J connectivity index is 1.09. The van der Waals surface area contributed by atoms with Crippen molar-refractivity contribution in [2.75, 3.05) is 39.9 Å². The summed E-state index contributed by atoms with van der Waals surface area (Å²) in [4.78, 5) is 14.8. The van der Waals surface area contributed by atoms with Crippen molar-refractivity contribution in [2.24, 2.45) is 5.92 Å². The first-order valence-electron chi connectivity index (χ1n) is 11.8. The summed E-state index contributed by atoms with van der Waals surface area (Å²) in [6.45, 7) is 4.54. The van der Waals surface area contributed by atoms with Crippen molar-refractivity contribution in [1.82, 2.24) is 15.5 Å². The number of nitrogens with zero attached hydrogens (tertiary/aromatic N) is 1. The van der Waals surface area contributed by atoms with E-state index in [4.69, 9.17) is 9.47 Å². The molecule has 0 aliphatic carbocycles. The van der Waals surface area contributed by atoms with E-state index in [1.807, 2.05) is 18.2 Å². The van der Waals surface area contributed by atoms with Gasteiger partial charge in [-0.05, 0) is 87.0 Å². The van der Waals surface area contributed by atoms with Gasteiger partial charge in [-0.25, -0.2) is 4.79 Å². The molecular formula is C26H35N3O3. The van der Waals surface area contributed by atoms with Gasteiger partial charge in [-0.2, -0.15) is 0 Å². The van der Waals surface area contributed by atoms with Crippen LogP contribution in [0.5, 0.6) is 11.5 Å². The molecule has 1 saturated heterocycles. The summed E-state index contributed by atoms with van der Waals surface area (Å²) < 4.78 is 11.1. The van der Waals surface area contributed by atoms with Gasteiger partial charge in [-0.15, -0.1) is 0 Å². The number of hydrogen-bond acceptors (Lipinski definition) is 4. The van der Waals surface area contributed by atoms with Crippen molar-refractivity contribution in [3.8, 4) is 11.5 Å². The van der Waals surface area contributed by atoms with Crippen molar-refractivity contribution in [3.63, 3.8) is 0 Å². The minimum Gasteiger partial charge on any atom is -0.497 e. The minimum absolute atomic E-state index is 0.0294. The molecule has 0 spiro atoms. The lowest BCUT2D eigenvalue weighted by Gasteiger charge is -2.32. The summed E-state index contributed by atoms with van der Waals surface area (Å²) >= 11 is 0. The summed E-state index contributed by atoms with van der Waals surface area (Å²) in [5, 5.41) is 6.04. The molecule has 2 aliphatic heterocycles. The Kier molecular flexibility index (Phi) is 7.88. The molecule has 2 heterocycles. The van der Waals surface area contributed by atoms with E-state index in [0.29, 0.717) is 13.2 Å². The minimum atomic E-state index is -0.119. The zero-order valence-corrected chi connectivity index (χ0v) is 19.0. The maximum atomic E-state index is 12.3. The molecule has 0 saturated carbocycles. The molecule has 6 nitrogen and oxygen atoms in total. The highest BCUT2D eigenvalue weighted by molar-refractivity contribution is 5.74. The molecule has 0 aromatic heterocycles. The normalized spacial score (nSPS) is 19.0. The number of fused-ring (bicyclic) bond motifs is 1. The van der Waals surface area contributed by atoms with Gasteiger partial charge in [0.25, 0.3) is 0 Å². The number of carbonyl (C=O) groups is 1. The average Bonchev–Trinajstić information content (AvgIpc) is 2.83. The molecule has 6 heteroatoms. The molecule has 1 fully saturated rings. The van der Waals surface area contributed by atoms with E-state index in [-0.39, 0.29) is 12.1 Å². The molecule has 2 N–H and O–H groups in total. The third kappa shape index (κ3) is 6.39. The highest BCUT2D eigenvalue weighted by Gasteiger charge is 2.22. The lowest BCUT2D eigenvalue weighted by atomic mass is 9.90. The van der Waals surface area contributed by atoms with Gasteiger partial charge in [-0.3, -0.25) is 0 Å². The van der Waals surface area contributed by atoms with Crippen LogP contribution in [0.3, 0.4) is 0 Å². The van der Waals surface area contributed by atoms with Gasteiger partial charge in [0.1, 0.15) is 18.1 Å². The molecule has 172 valence electrons. The first kappa shape index (κ1) is 22.5. The fourth-order valence-electron chi connectivity index (χ4n) is 4.69. The third-order valence-electron chi connectivity index (χ3n) is 6.52. The Hall–Kier alpha value is -2.73. The van der Waals surface area contributed by atoms with Crippen LogP contribution in [0.25, 0.3) is 0 Å². The summed E-state index contributed by atoms with van der Waals surface area (Å²) in [7, 11) is 1.65. The fraction of sp³-hybridized carbons (Fsp3) is 0.500. The molecule has 32 heavy (non-hydrogen) atoms. The summed E-state index contributed by atoms with van der Waals surface area (Å²) in [6, 6.07) is 16.5. The Morgan fingerprint density at radius 3 is 2.75 bits per heavy atom. The Bertz CT molecular complexity index is 866. The third-order valence-corrected chi connectivity index (χ3v) is 6.52. The van der Waals surface area contributed by atoms with Crippen molar-refractivity contribution in [3.05, 3.63) is 59.7 Å². The Labute approximate surface area is 191 Å². The van der Waals surface area contributed by atoms with Crippen LogP contribution in [-0.2, 0) is 12.8 Å². The topological polar surface area (TPSA) is 62.8 Å². The number of ether oxygens (including phenoxy) is 2. The zero-order valence-electron chi connectivity index (χ0n) is 19.0. The maximum absolute atomic E-state index is 12.3. The van der Waals surface area contributed by atoms with Crippen LogP contribution in [-0.4, -0.2) is 56.9 Å². The van der Waals surface area contributed by atoms with Crippen molar-refractivity contribution >= 4 is 6.03 Å². The van der Waals surface area contributed by atoms with E-state index in [1.165, 1.54) is 24.8 Å². The Morgan fingerprint density at radius 1 is 1.16 bits per heavy atom. The van der Waals surface area contributed by atoms with E-state index >= 15 is 0 Å². The van der Waals surface area contributed by atoms with Gasteiger partial charge in [-0.1, -0.05) is 30.3 Å². The largest absolute Gasteiger partial charge is 0.497 e. The molecule has 1 unspecified atom stereocenters. The first-order chi connectivity index (χ1) is 15.7. The molecule has 2 aliphatic rings. The zero-order chi connectivity index (χ0) is 22.2. The second kappa shape index (κ2) is 11.2. The number of rotatable bonds is 8. The number of urea groups is 1. The quantitative estimate of drug-likeness (QED) is 0.619. The summed E-state index contributed by atoms with van der Waals surface area (Å²) in [6.07, 6.45) is 5.43. The molecule has 1 atom stereocenters. The van der Waals surface area contributed by atoms with Gasteiger partial charge in [0.05, 0.1) is 13.2 Å². The standard InChI is InChI=1S/C26H35N3O3/c1-31-24-8-9-25-22(18-24)17-23(19-32-25)28-26(30)27-12-5-13-29-14-10-21(11-15-29)16-20-6-3-2-4-7-20/h2-4,6-9,18,21,23H,5,10-17,19H2,1H3,(H2,27,28,30). The molecule has 4 rings (SSSR count). The number of benzene rings is 2. The smallest absolute Gasteiger partial charge is 0.315 e. The second-order valence-corrected chi connectivity index (χ2v) is 8.91. The van der Waals surface area contributed by atoms with Crippen LogP contribution in [0.2, 0.25) is 0 Å². The van der Waals surface area contributed by atoms with Crippen LogP contribution < -0.4 is 20.1 Å². The molecular weight excluding hydrogens is 402 g/mol. The van der Waals surface area contributed by atoms with Gasteiger partial charge in [0, 0.05) is 6.54 Å². The van der Waals surface area contributed by atoms with Crippen LogP contribution in [0.15, 0.2) is 48.5 Å². The highest BCUT2D eigenvalue weighted by Crippen LogP contribution is 2.28. The van der Waals surface area contributed by atoms with Crippen molar-refractivity contribution < 1.29 is 14.3 Å². The summed E-state index contributed by atoms with van der Waals surface area (Å²) in [5.41, 5.74) is 2.52. The van der Waals surface area contributed by atoms with E-state index in [2.05, 4.69) is 45.9 Å². The van der Waals surface area contributed by atoms with Crippen LogP contribution >= 0.6 is 0 Å². The van der Waals surface area contributed by atoms with E-state index < -0.39 is 0 Å². The number of piperidine rings is 1. The predicted molar refractivity (Wildman–Crippen MR) is 126 cm³/mol. The van der Waals surface area contributed by atoms with E-state index in [1.54, 1.807) is 7.11 Å². The number of hydrogen-bond donors (Lipinski definition) is 2. The predicted octanol–water partition coefficient (Wildman–Crippen LogP) is 3.64. The SMILES string of the molecule is COc1ccc2c(c1)CC(NC(=O)NCCCN1CCC(Cc3ccccc3)CC1)CO2. The number of nitrogens with one attached hydrogen (secondary N) is 2. The van der Waals surface area contributed by atoms with Crippen molar-refractivity contribution in [2.45, 2.75) is 38.1 Å². The van der Waals surface area contributed by atoms with Crippen LogP contribution in [0.1, 0.15) is 30.4 Å². The first-order valence-corrected chi connectivity index (χ1v) is 11.8. The fourth-order valence-corrected chi connectivity index (χ4v) is 4.69. The van der Waals surface area contributed by atoms with Gasteiger partial charge in [0.2, 0.25) is 0 Å². The molecule has 0 bridgehead atoms. The van der Waals surface area contributed by atoms with Crippen LogP contribution in [0, 0.1) is 5.92 Å². The maximum Gasteiger partial charge on any atom is 0.315 e. The van der Waals surface area contributed by atoms with E-state index in [9.17, 15) is 4.79 Å². The Morgan fingerprint density at radius 2 is 1.97 bits per heavy atom. The lowest BCUT2D eigenvalue weighted by Crippen LogP contribution is -2.47. The van der Waals surface area contributed by atoms with Crippen LogP contribution in [0.4, 0.5) is 4.79 Å². The van der Waals surface area contributed by atoms with Gasteiger partial charge in [0.15, 0.2) is 0 Å². The molecule has 2 amide bonds. The number of likely N-dealkylation sites (tertiary alicyclic amines) is 1.